The molecule has 1 aliphatic heterocycles. The predicted octanol–water partition coefficient (Wildman–Crippen LogP) is -5.51. The highest BCUT2D eigenvalue weighted by Crippen LogP contribution is 2.18. The number of amides is 7. The standard InChI is InChI=1S/C24H40N8O10/c1-13(2)6-14(22(40)29-11-21(38)39)31-24(42)16-4-3-5-32(16)20(37)10-27-18(35)8-28-23(41)15(12-33)30-19(36)9-26-17(34)7-25/h13-16,33H,3-12,25H2,1-2H3,(H,26,34)(H,27,35)(H,28,41)(H,29,40)(H,30,36)(H,31,42)(H,38,39)/t14-,15-,16-/m0/s1. The number of aliphatic carboxylic acids is 1. The molecule has 0 aliphatic carbocycles. The third kappa shape index (κ3) is 12.9. The predicted molar refractivity (Wildman–Crippen MR) is 144 cm³/mol. The largest absolute Gasteiger partial charge is 0.480 e. The van der Waals surface area contributed by atoms with Crippen molar-refractivity contribution in [2.75, 3.05) is 45.9 Å². The minimum Gasteiger partial charge on any atom is -0.480 e. The lowest BCUT2D eigenvalue weighted by molar-refractivity contribution is -0.140. The molecule has 0 aromatic carbocycles. The molecule has 18 nitrogen and oxygen atoms in total. The third-order valence-electron chi connectivity index (χ3n) is 5.96. The second kappa shape index (κ2) is 18.2. The maximum atomic E-state index is 13.0. The van der Waals surface area contributed by atoms with Gasteiger partial charge in [-0.25, -0.2) is 0 Å². The van der Waals surface area contributed by atoms with E-state index in [4.69, 9.17) is 10.8 Å². The summed E-state index contributed by atoms with van der Waals surface area (Å²) in [5.74, 6) is -6.10. The van der Waals surface area contributed by atoms with E-state index in [1.165, 1.54) is 4.90 Å². The summed E-state index contributed by atoms with van der Waals surface area (Å²) < 4.78 is 0. The second-order valence-corrected chi connectivity index (χ2v) is 9.83. The molecule has 0 aromatic rings. The van der Waals surface area contributed by atoms with Crippen LogP contribution in [-0.4, -0.2) is 126 Å². The van der Waals surface area contributed by atoms with E-state index in [0.29, 0.717) is 12.8 Å². The van der Waals surface area contributed by atoms with Gasteiger partial charge in [0.25, 0.3) is 0 Å². The molecular formula is C24H40N8O10. The van der Waals surface area contributed by atoms with E-state index >= 15 is 0 Å². The molecule has 1 rings (SSSR count). The topological polar surface area (TPSA) is 278 Å². The first kappa shape index (κ1) is 35.7. The fourth-order valence-corrected chi connectivity index (χ4v) is 3.91. The highest BCUT2D eigenvalue weighted by molar-refractivity contribution is 5.95. The number of carbonyl (C=O) groups excluding carboxylic acids is 7. The maximum absolute atomic E-state index is 13.0. The molecule has 0 unspecified atom stereocenters. The van der Waals surface area contributed by atoms with Crippen LogP contribution in [0.4, 0.5) is 0 Å². The second-order valence-electron chi connectivity index (χ2n) is 9.83. The van der Waals surface area contributed by atoms with Gasteiger partial charge in [-0.05, 0) is 25.2 Å². The zero-order chi connectivity index (χ0) is 31.8. The van der Waals surface area contributed by atoms with Crippen LogP contribution in [-0.2, 0) is 38.4 Å². The summed E-state index contributed by atoms with van der Waals surface area (Å²) >= 11 is 0. The van der Waals surface area contributed by atoms with Crippen molar-refractivity contribution in [3.05, 3.63) is 0 Å². The van der Waals surface area contributed by atoms with Gasteiger partial charge in [-0.1, -0.05) is 13.8 Å². The molecular weight excluding hydrogens is 560 g/mol. The van der Waals surface area contributed by atoms with Crippen LogP contribution in [0.25, 0.3) is 0 Å². The Balaban J connectivity index is 2.59. The Morgan fingerprint density at radius 2 is 1.40 bits per heavy atom. The highest BCUT2D eigenvalue weighted by atomic mass is 16.4. The Morgan fingerprint density at radius 3 is 2.00 bits per heavy atom. The van der Waals surface area contributed by atoms with Crippen LogP contribution >= 0.6 is 0 Å². The minimum atomic E-state index is -1.41. The number of likely N-dealkylation sites (tertiary alicyclic amines) is 1. The van der Waals surface area contributed by atoms with E-state index in [1.807, 2.05) is 13.8 Å². The molecule has 0 bridgehead atoms. The van der Waals surface area contributed by atoms with Crippen molar-refractivity contribution in [1.29, 1.82) is 0 Å². The van der Waals surface area contributed by atoms with Gasteiger partial charge in [0.1, 0.15) is 24.7 Å². The molecule has 236 valence electrons. The summed E-state index contributed by atoms with van der Waals surface area (Å²) in [6.07, 6.45) is 1.06. The Hall–Kier alpha value is -4.32. The molecule has 1 heterocycles. The number of aliphatic hydroxyl groups is 1. The number of carboxylic acids is 1. The molecule has 0 saturated carbocycles. The van der Waals surface area contributed by atoms with Crippen molar-refractivity contribution in [1.82, 2.24) is 36.8 Å². The molecule has 18 heteroatoms. The number of nitrogens with two attached hydrogens (primary N) is 1. The Bertz CT molecular complexity index is 1020. The number of hydrogen-bond acceptors (Lipinski definition) is 10. The van der Waals surface area contributed by atoms with Crippen LogP contribution < -0.4 is 37.6 Å². The zero-order valence-electron chi connectivity index (χ0n) is 23.6. The van der Waals surface area contributed by atoms with Gasteiger partial charge in [0.2, 0.25) is 41.4 Å². The summed E-state index contributed by atoms with van der Waals surface area (Å²) in [6.45, 7) is 0.581. The quantitative estimate of drug-likeness (QED) is 0.0759. The Kier molecular flexibility index (Phi) is 15.5. The third-order valence-corrected chi connectivity index (χ3v) is 5.96. The van der Waals surface area contributed by atoms with Crippen LogP contribution in [0.15, 0.2) is 0 Å². The number of rotatable bonds is 17. The SMILES string of the molecule is CC(C)C[C@H](NC(=O)[C@@H]1CCCN1C(=O)CNC(=O)CNC(=O)[C@H](CO)NC(=O)CNC(=O)CN)C(=O)NCC(=O)O. The van der Waals surface area contributed by atoms with Crippen LogP contribution in [0, 0.1) is 5.92 Å². The van der Waals surface area contributed by atoms with E-state index in [1.54, 1.807) is 0 Å². The van der Waals surface area contributed by atoms with Crippen molar-refractivity contribution < 1.29 is 48.6 Å². The summed E-state index contributed by atoms with van der Waals surface area (Å²) in [7, 11) is 0. The highest BCUT2D eigenvalue weighted by Gasteiger charge is 2.36. The summed E-state index contributed by atoms with van der Waals surface area (Å²) in [5, 5.41) is 31.9. The van der Waals surface area contributed by atoms with Gasteiger partial charge in [0, 0.05) is 6.54 Å². The average molecular weight is 601 g/mol. The van der Waals surface area contributed by atoms with Crippen LogP contribution in [0.1, 0.15) is 33.1 Å². The number of carbonyl (C=O) groups is 8. The normalized spacial score (nSPS) is 15.6. The number of aliphatic hydroxyl groups excluding tert-OH is 1. The van der Waals surface area contributed by atoms with E-state index in [-0.39, 0.29) is 25.4 Å². The van der Waals surface area contributed by atoms with Gasteiger partial charge in [-0.15, -0.1) is 0 Å². The summed E-state index contributed by atoms with van der Waals surface area (Å²) in [4.78, 5) is 97.5. The number of nitrogens with zero attached hydrogens (tertiary/aromatic N) is 1. The molecule has 0 aromatic heterocycles. The Labute approximate surface area is 241 Å². The van der Waals surface area contributed by atoms with Gasteiger partial charge >= 0.3 is 5.97 Å². The maximum Gasteiger partial charge on any atom is 0.322 e. The summed E-state index contributed by atoms with van der Waals surface area (Å²) in [6, 6.07) is -3.31. The zero-order valence-corrected chi connectivity index (χ0v) is 23.6. The van der Waals surface area contributed by atoms with Gasteiger partial charge < -0.3 is 52.7 Å². The molecule has 42 heavy (non-hydrogen) atoms. The lowest BCUT2D eigenvalue weighted by Gasteiger charge is -2.27. The summed E-state index contributed by atoms with van der Waals surface area (Å²) in [5.41, 5.74) is 5.10. The van der Waals surface area contributed by atoms with E-state index in [2.05, 4.69) is 31.9 Å². The van der Waals surface area contributed by atoms with Crippen LogP contribution in [0.5, 0.6) is 0 Å². The van der Waals surface area contributed by atoms with Crippen molar-refractivity contribution in [2.24, 2.45) is 11.7 Å². The fraction of sp³-hybridized carbons (Fsp3) is 0.667. The van der Waals surface area contributed by atoms with Gasteiger partial charge in [0.05, 0.1) is 32.8 Å². The Morgan fingerprint density at radius 1 is 0.810 bits per heavy atom. The van der Waals surface area contributed by atoms with Gasteiger partial charge in [0.15, 0.2) is 0 Å². The average Bonchev–Trinajstić information content (AvgIpc) is 3.44. The van der Waals surface area contributed by atoms with Crippen molar-refractivity contribution >= 4 is 47.3 Å². The van der Waals surface area contributed by atoms with E-state index in [9.17, 15) is 43.5 Å². The number of hydrogen-bond donors (Lipinski definition) is 9. The van der Waals surface area contributed by atoms with Crippen LogP contribution in [0.2, 0.25) is 0 Å². The van der Waals surface area contributed by atoms with Crippen molar-refractivity contribution in [2.45, 2.75) is 51.2 Å². The molecule has 3 atom stereocenters. The fourth-order valence-electron chi connectivity index (χ4n) is 3.91. The number of nitrogens with one attached hydrogen (secondary N) is 6. The smallest absolute Gasteiger partial charge is 0.322 e. The molecule has 1 aliphatic rings. The van der Waals surface area contributed by atoms with Crippen LogP contribution in [0.3, 0.4) is 0 Å². The first-order valence-corrected chi connectivity index (χ1v) is 13.3. The lowest BCUT2D eigenvalue weighted by atomic mass is 10.0. The first-order valence-electron chi connectivity index (χ1n) is 13.3. The molecule has 1 saturated heterocycles. The van der Waals surface area contributed by atoms with Gasteiger partial charge in [-0.3, -0.25) is 38.4 Å². The van der Waals surface area contributed by atoms with Crippen molar-refractivity contribution in [3.63, 3.8) is 0 Å². The monoisotopic (exact) mass is 600 g/mol. The molecule has 1 fully saturated rings. The number of carboxylic acid groups (broad SMARTS) is 1. The first-order chi connectivity index (χ1) is 19.8. The van der Waals surface area contributed by atoms with E-state index in [0.717, 1.165) is 0 Å². The van der Waals surface area contributed by atoms with Gasteiger partial charge in [-0.2, -0.15) is 0 Å². The lowest BCUT2D eigenvalue weighted by Crippen LogP contribution is -2.55. The van der Waals surface area contributed by atoms with E-state index < -0.39 is 98.2 Å². The molecule has 0 spiro atoms. The molecule has 10 N–H and O–H groups in total. The minimum absolute atomic E-state index is 0.00386. The molecule has 0 radical (unpaired) electrons. The molecule has 7 amide bonds. The van der Waals surface area contributed by atoms with Crippen molar-refractivity contribution in [3.8, 4) is 0 Å².